The maximum Gasteiger partial charge on any atom is 0.247 e. The van der Waals surface area contributed by atoms with Crippen molar-refractivity contribution in [3.05, 3.63) is 0 Å². The molecule has 0 rings (SSSR count). The van der Waals surface area contributed by atoms with E-state index in [1.807, 2.05) is 0 Å². The molecule has 0 aliphatic heterocycles. The zero-order valence-corrected chi connectivity index (χ0v) is 6.15. The molecule has 10 heavy (non-hydrogen) atoms. The van der Waals surface area contributed by atoms with Crippen molar-refractivity contribution < 1.29 is 25.1 Å². The van der Waals surface area contributed by atoms with Gasteiger partial charge in [-0.1, -0.05) is 0 Å². The minimum absolute atomic E-state index is 0.365. The molecule has 7 heteroatoms. The average Bonchev–Trinajstić information content (AvgIpc) is 1.85. The van der Waals surface area contributed by atoms with Gasteiger partial charge in [0.2, 0.25) is 8.53 Å². The molecule has 0 amide bonds. The lowest BCUT2D eigenvalue weighted by molar-refractivity contribution is 0.0450. The average molecular weight is 173 g/mol. The first-order valence-electron chi connectivity index (χ1n) is 2.37. The van der Waals surface area contributed by atoms with Crippen molar-refractivity contribution in [2.75, 3.05) is 13.2 Å². The number of aliphatic hydroxyl groups excluding tert-OH is 3. The number of hydrogen-bond donors (Lipinski definition) is 6. The number of nitrogens with two attached hydrogens (primary N) is 1. The minimum atomic E-state index is -2.12. The molecular formula is C3H12NO5P. The van der Waals surface area contributed by atoms with Crippen molar-refractivity contribution in [3.8, 4) is 0 Å². The zero-order chi connectivity index (χ0) is 8.57. The third-order valence-corrected chi connectivity index (χ3v) is 0.421. The Kier molecular flexibility index (Phi) is 11.8. The Bertz CT molecular complexity index is 56.1. The largest absolute Gasteiger partial charge is 0.394 e. The maximum atomic E-state index is 8.17. The van der Waals surface area contributed by atoms with Crippen LogP contribution in [0.5, 0.6) is 0 Å². The molecular weight excluding hydrogens is 161 g/mol. The van der Waals surface area contributed by atoms with Gasteiger partial charge in [0.15, 0.2) is 0 Å². The monoisotopic (exact) mass is 173 g/mol. The topological polar surface area (TPSA) is 127 Å². The lowest BCUT2D eigenvalue weighted by Crippen LogP contribution is -2.15. The smallest absolute Gasteiger partial charge is 0.247 e. The quantitative estimate of drug-likeness (QED) is 0.256. The molecule has 0 unspecified atom stereocenters. The summed E-state index contributed by atoms with van der Waals surface area (Å²) in [6.45, 7) is -0.729. The molecule has 0 aliphatic rings. The first-order valence-corrected chi connectivity index (χ1v) is 3.68. The van der Waals surface area contributed by atoms with Gasteiger partial charge >= 0.3 is 0 Å². The van der Waals surface area contributed by atoms with Crippen LogP contribution in [-0.2, 0) is 0 Å². The van der Waals surface area contributed by atoms with Gasteiger partial charge < -0.3 is 25.1 Å². The van der Waals surface area contributed by atoms with Crippen molar-refractivity contribution in [1.82, 2.24) is 0 Å². The molecule has 7 N–H and O–H groups in total. The summed E-state index contributed by atoms with van der Waals surface area (Å²) in [6.07, 6.45) is -0.954. The third-order valence-electron chi connectivity index (χ3n) is 0.421. The molecule has 0 saturated carbocycles. The minimum Gasteiger partial charge on any atom is -0.394 e. The van der Waals surface area contributed by atoms with Crippen molar-refractivity contribution in [3.63, 3.8) is 0 Å². The van der Waals surface area contributed by atoms with Crippen LogP contribution in [0.3, 0.4) is 0 Å². The Morgan fingerprint density at radius 2 is 1.40 bits per heavy atom. The fourth-order valence-electron chi connectivity index (χ4n) is 0.0577. The summed E-state index contributed by atoms with van der Waals surface area (Å²) in [5.74, 6) is 0. The van der Waals surface area contributed by atoms with Crippen molar-refractivity contribution in [1.29, 1.82) is 0 Å². The fourth-order valence-corrected chi connectivity index (χ4v) is 0.0577. The molecule has 0 aromatic carbocycles. The van der Waals surface area contributed by atoms with Crippen molar-refractivity contribution >= 4 is 8.53 Å². The number of rotatable bonds is 2. The summed E-state index contributed by atoms with van der Waals surface area (Å²) in [6, 6.07) is 0. The van der Waals surface area contributed by atoms with E-state index in [4.69, 9.17) is 25.1 Å². The summed E-state index contributed by atoms with van der Waals surface area (Å²) >= 11 is 0. The van der Waals surface area contributed by atoms with Gasteiger partial charge in [-0.3, -0.25) is 5.50 Å². The van der Waals surface area contributed by atoms with Crippen LogP contribution < -0.4 is 5.50 Å². The van der Waals surface area contributed by atoms with Crippen molar-refractivity contribution in [2.45, 2.75) is 6.10 Å². The van der Waals surface area contributed by atoms with Gasteiger partial charge in [0, 0.05) is 0 Å². The van der Waals surface area contributed by atoms with Crippen LogP contribution in [0, 0.1) is 0 Å². The highest BCUT2D eigenvalue weighted by Gasteiger charge is 1.93. The van der Waals surface area contributed by atoms with Crippen LogP contribution in [0.4, 0.5) is 0 Å². The summed E-state index contributed by atoms with van der Waals surface area (Å²) in [7, 11) is -2.12. The number of aliphatic hydroxyl groups is 3. The molecule has 0 atom stereocenters. The molecule has 0 radical (unpaired) electrons. The molecule has 0 spiro atoms. The molecule has 0 saturated heterocycles. The summed E-state index contributed by atoms with van der Waals surface area (Å²) in [5, 5.41) is 24.0. The third kappa shape index (κ3) is 24.1. The Morgan fingerprint density at radius 1 is 1.20 bits per heavy atom. The summed E-state index contributed by atoms with van der Waals surface area (Å²) < 4.78 is 0. The second-order valence-electron chi connectivity index (χ2n) is 1.34. The molecule has 6 nitrogen and oxygen atoms in total. The van der Waals surface area contributed by atoms with Crippen LogP contribution in [0.25, 0.3) is 0 Å². The molecule has 0 aromatic heterocycles. The Balaban J connectivity index is 0. The van der Waals surface area contributed by atoms with Crippen LogP contribution >= 0.6 is 8.53 Å². The first kappa shape index (κ1) is 12.8. The van der Waals surface area contributed by atoms with Gasteiger partial charge in [-0.2, -0.15) is 0 Å². The molecule has 0 heterocycles. The lowest BCUT2D eigenvalue weighted by Gasteiger charge is -1.96. The highest BCUT2D eigenvalue weighted by atomic mass is 31.2. The zero-order valence-electron chi connectivity index (χ0n) is 5.25. The molecule has 0 bridgehead atoms. The van der Waals surface area contributed by atoms with E-state index in [0.29, 0.717) is 0 Å². The van der Waals surface area contributed by atoms with E-state index >= 15 is 0 Å². The first-order chi connectivity index (χ1) is 4.54. The van der Waals surface area contributed by atoms with E-state index in [1.54, 1.807) is 0 Å². The van der Waals surface area contributed by atoms with Crippen LogP contribution in [-0.4, -0.2) is 44.4 Å². The molecule has 0 aromatic rings. The van der Waals surface area contributed by atoms with E-state index < -0.39 is 14.6 Å². The Morgan fingerprint density at radius 3 is 1.40 bits per heavy atom. The Hall–Kier alpha value is 0.190. The van der Waals surface area contributed by atoms with E-state index in [-0.39, 0.29) is 13.2 Å². The van der Waals surface area contributed by atoms with Gasteiger partial charge in [0.05, 0.1) is 13.2 Å². The molecule has 0 fully saturated rings. The van der Waals surface area contributed by atoms with E-state index in [0.717, 1.165) is 0 Å². The highest BCUT2D eigenvalue weighted by molar-refractivity contribution is 7.42. The summed E-state index contributed by atoms with van der Waals surface area (Å²) in [5.41, 5.74) is 4.29. The second kappa shape index (κ2) is 9.19. The SMILES string of the molecule is NP(O)O.OCC(O)CO. The lowest BCUT2D eigenvalue weighted by atomic mass is 10.4. The predicted molar refractivity (Wildman–Crippen MR) is 35.7 cm³/mol. The highest BCUT2D eigenvalue weighted by Crippen LogP contribution is 2.05. The van der Waals surface area contributed by atoms with E-state index in [9.17, 15) is 0 Å². The van der Waals surface area contributed by atoms with Crippen LogP contribution in [0.1, 0.15) is 0 Å². The molecule has 64 valence electrons. The van der Waals surface area contributed by atoms with Crippen LogP contribution in [0.2, 0.25) is 0 Å². The normalized spacial score (nSPS) is 9.60. The van der Waals surface area contributed by atoms with Gasteiger partial charge in [0.25, 0.3) is 0 Å². The van der Waals surface area contributed by atoms with Gasteiger partial charge in [-0.25, -0.2) is 0 Å². The fraction of sp³-hybridized carbons (Fsp3) is 1.00. The number of hydrogen-bond acceptors (Lipinski definition) is 6. The van der Waals surface area contributed by atoms with Crippen LogP contribution in [0.15, 0.2) is 0 Å². The van der Waals surface area contributed by atoms with Gasteiger partial charge in [0.1, 0.15) is 6.10 Å². The van der Waals surface area contributed by atoms with Crippen molar-refractivity contribution in [2.24, 2.45) is 5.50 Å². The Labute approximate surface area is 59.5 Å². The van der Waals surface area contributed by atoms with Gasteiger partial charge in [-0.05, 0) is 0 Å². The predicted octanol–water partition coefficient (Wildman–Crippen LogP) is -2.51. The maximum absolute atomic E-state index is 8.17. The summed E-state index contributed by atoms with van der Waals surface area (Å²) in [4.78, 5) is 14.9. The second-order valence-corrected chi connectivity index (χ2v) is 1.98. The van der Waals surface area contributed by atoms with E-state index in [1.165, 1.54) is 0 Å². The van der Waals surface area contributed by atoms with E-state index in [2.05, 4.69) is 5.50 Å². The molecule has 0 aliphatic carbocycles. The standard InChI is InChI=1S/C3H8O3.H4NO2P/c4-1-3(6)2-5;1-4(2)3/h3-6H,1-2H2;2-3H,1H2. The van der Waals surface area contributed by atoms with Gasteiger partial charge in [-0.15, -0.1) is 0 Å².